The lowest BCUT2D eigenvalue weighted by atomic mass is 10.1. The minimum atomic E-state index is -0.606. The molecule has 0 unspecified atom stereocenters. The maximum Gasteiger partial charge on any atom is 0.281 e. The fraction of sp³-hybridized carbons (Fsp3) is 0. The zero-order valence-corrected chi connectivity index (χ0v) is 16.9. The first-order valence-electron chi connectivity index (χ1n) is 8.10. The van der Waals surface area contributed by atoms with Gasteiger partial charge < -0.3 is 9.73 Å². The van der Waals surface area contributed by atoms with E-state index in [1.165, 1.54) is 36.4 Å². The van der Waals surface area contributed by atoms with Crippen LogP contribution >= 0.6 is 27.5 Å². The minimum Gasteiger partial charge on any atom is -0.456 e. The van der Waals surface area contributed by atoms with Crippen LogP contribution in [0.3, 0.4) is 0 Å². The van der Waals surface area contributed by atoms with Crippen LogP contribution < -0.4 is 5.32 Å². The van der Waals surface area contributed by atoms with Crippen molar-refractivity contribution in [2.24, 2.45) is 0 Å². The lowest BCUT2D eigenvalue weighted by Crippen LogP contribution is -2.13. The summed E-state index contributed by atoms with van der Waals surface area (Å²) in [5, 5.41) is 23.4. The number of nitrogens with one attached hydrogen (secondary N) is 1. The van der Waals surface area contributed by atoms with Gasteiger partial charge >= 0.3 is 0 Å². The number of carbonyl (C=O) groups is 1. The molecule has 9 heteroatoms. The Kier molecular flexibility index (Phi) is 6.12. The second-order valence-electron chi connectivity index (χ2n) is 5.75. The van der Waals surface area contributed by atoms with Gasteiger partial charge in [-0.1, -0.05) is 27.5 Å². The number of rotatable bonds is 5. The Morgan fingerprint density at radius 2 is 1.93 bits per heavy atom. The number of nitro groups is 1. The molecule has 0 radical (unpaired) electrons. The number of hydrogen-bond donors (Lipinski definition) is 1. The van der Waals surface area contributed by atoms with E-state index in [1.807, 2.05) is 6.07 Å². The monoisotopic (exact) mass is 471 g/mol. The molecule has 1 heterocycles. The summed E-state index contributed by atoms with van der Waals surface area (Å²) in [6.07, 6.45) is 1.26. The van der Waals surface area contributed by atoms with E-state index in [0.717, 1.165) is 4.47 Å². The molecule has 3 aromatic rings. The maximum atomic E-state index is 12.3. The molecule has 0 aliphatic carbocycles. The van der Waals surface area contributed by atoms with Crippen molar-refractivity contribution >= 4 is 50.9 Å². The van der Waals surface area contributed by atoms with Crippen molar-refractivity contribution in [1.29, 1.82) is 5.26 Å². The summed E-state index contributed by atoms with van der Waals surface area (Å²) >= 11 is 9.12. The van der Waals surface area contributed by atoms with Gasteiger partial charge in [0.15, 0.2) is 0 Å². The maximum absolute atomic E-state index is 12.3. The van der Waals surface area contributed by atoms with E-state index < -0.39 is 10.8 Å². The van der Waals surface area contributed by atoms with Crippen molar-refractivity contribution in [1.82, 2.24) is 0 Å². The van der Waals surface area contributed by atoms with Crippen LogP contribution in [0.2, 0.25) is 5.02 Å². The number of hydrogen-bond acceptors (Lipinski definition) is 5. The molecular formula is C20H11BrClN3O4. The van der Waals surface area contributed by atoms with E-state index in [4.69, 9.17) is 16.0 Å². The Bertz CT molecular complexity index is 1160. The van der Waals surface area contributed by atoms with Crippen LogP contribution in [-0.4, -0.2) is 10.8 Å². The SMILES string of the molecule is N#CC(=Cc1ccc(-c2ccc(Cl)cc2[N+](=O)[O-])o1)C(=O)Nc1ccc(Br)cc1. The molecule has 0 fully saturated rings. The Morgan fingerprint density at radius 1 is 1.21 bits per heavy atom. The smallest absolute Gasteiger partial charge is 0.281 e. The van der Waals surface area contributed by atoms with Crippen molar-refractivity contribution in [3.63, 3.8) is 0 Å². The third kappa shape index (κ3) is 4.90. The van der Waals surface area contributed by atoms with Gasteiger partial charge in [-0.2, -0.15) is 5.26 Å². The second kappa shape index (κ2) is 8.73. The first-order chi connectivity index (χ1) is 13.9. The molecule has 0 atom stereocenters. The first kappa shape index (κ1) is 20.3. The number of amides is 1. The molecule has 0 saturated heterocycles. The molecule has 0 bridgehead atoms. The molecule has 0 aliphatic rings. The third-order valence-electron chi connectivity index (χ3n) is 3.80. The number of anilines is 1. The molecule has 3 rings (SSSR count). The van der Waals surface area contributed by atoms with Gasteiger partial charge in [-0.05, 0) is 48.5 Å². The van der Waals surface area contributed by atoms with Gasteiger partial charge in [-0.15, -0.1) is 0 Å². The van der Waals surface area contributed by atoms with E-state index in [2.05, 4.69) is 21.2 Å². The highest BCUT2D eigenvalue weighted by molar-refractivity contribution is 9.10. The van der Waals surface area contributed by atoms with Crippen LogP contribution in [0.15, 0.2) is 69.1 Å². The molecule has 2 aromatic carbocycles. The van der Waals surface area contributed by atoms with Gasteiger partial charge in [0.1, 0.15) is 23.2 Å². The van der Waals surface area contributed by atoms with Crippen LogP contribution in [0.25, 0.3) is 17.4 Å². The van der Waals surface area contributed by atoms with Crippen molar-refractivity contribution in [3.8, 4) is 17.4 Å². The normalized spacial score (nSPS) is 11.0. The largest absolute Gasteiger partial charge is 0.456 e. The summed E-state index contributed by atoms with van der Waals surface area (Å²) in [5.41, 5.74) is 0.364. The Labute approximate surface area is 178 Å². The average Bonchev–Trinajstić information content (AvgIpc) is 3.16. The summed E-state index contributed by atoms with van der Waals surface area (Å²) < 4.78 is 6.44. The number of nitrogens with zero attached hydrogens (tertiary/aromatic N) is 2. The fourth-order valence-corrected chi connectivity index (χ4v) is 2.89. The third-order valence-corrected chi connectivity index (χ3v) is 4.57. The van der Waals surface area contributed by atoms with Crippen LogP contribution in [0.1, 0.15) is 5.76 Å². The van der Waals surface area contributed by atoms with Crippen molar-refractivity contribution in [3.05, 3.63) is 85.5 Å². The Hall–Kier alpha value is -3.41. The molecule has 1 amide bonds. The second-order valence-corrected chi connectivity index (χ2v) is 7.10. The molecule has 144 valence electrons. The van der Waals surface area contributed by atoms with Crippen molar-refractivity contribution in [2.75, 3.05) is 5.32 Å². The predicted octanol–water partition coefficient (Wildman–Crippen LogP) is 5.82. The van der Waals surface area contributed by atoms with Gasteiger partial charge in [0, 0.05) is 27.3 Å². The molecule has 1 aromatic heterocycles. The van der Waals surface area contributed by atoms with Gasteiger partial charge in [0.2, 0.25) is 0 Å². The van der Waals surface area contributed by atoms with Gasteiger partial charge in [0.05, 0.1) is 10.5 Å². The standard InChI is InChI=1S/C20H11BrClN3O4/c21-13-1-4-15(5-2-13)24-20(26)12(11-23)9-16-6-8-19(29-16)17-7-3-14(22)10-18(17)25(27)28/h1-10H,(H,24,26). The molecule has 0 saturated carbocycles. The quantitative estimate of drug-likeness (QED) is 0.218. The van der Waals surface area contributed by atoms with E-state index in [0.29, 0.717) is 5.69 Å². The number of benzene rings is 2. The summed E-state index contributed by atoms with van der Waals surface area (Å²) in [6, 6.07) is 15.9. The topological polar surface area (TPSA) is 109 Å². The number of nitriles is 1. The van der Waals surface area contributed by atoms with E-state index in [-0.39, 0.29) is 33.4 Å². The Balaban J connectivity index is 1.86. The summed E-state index contributed by atoms with van der Waals surface area (Å²) in [5.74, 6) is -0.192. The highest BCUT2D eigenvalue weighted by Gasteiger charge is 2.19. The molecule has 29 heavy (non-hydrogen) atoms. The molecule has 1 N–H and O–H groups in total. The number of nitro benzene ring substituents is 1. The van der Waals surface area contributed by atoms with Crippen LogP contribution in [0.4, 0.5) is 11.4 Å². The van der Waals surface area contributed by atoms with Gasteiger partial charge in [-0.3, -0.25) is 14.9 Å². The number of furan rings is 1. The first-order valence-corrected chi connectivity index (χ1v) is 9.27. The average molecular weight is 473 g/mol. The predicted molar refractivity (Wildman–Crippen MR) is 112 cm³/mol. The van der Waals surface area contributed by atoms with Crippen molar-refractivity contribution in [2.45, 2.75) is 0 Å². The Morgan fingerprint density at radius 3 is 2.59 bits per heavy atom. The zero-order valence-electron chi connectivity index (χ0n) is 14.6. The minimum absolute atomic E-state index is 0.181. The highest BCUT2D eigenvalue weighted by Crippen LogP contribution is 2.33. The van der Waals surface area contributed by atoms with Crippen LogP contribution in [-0.2, 0) is 4.79 Å². The summed E-state index contributed by atoms with van der Waals surface area (Å²) in [7, 11) is 0. The molecule has 0 aliphatic heterocycles. The fourth-order valence-electron chi connectivity index (χ4n) is 2.46. The zero-order chi connectivity index (χ0) is 21.0. The highest BCUT2D eigenvalue weighted by atomic mass is 79.9. The van der Waals surface area contributed by atoms with Crippen molar-refractivity contribution < 1.29 is 14.1 Å². The van der Waals surface area contributed by atoms with E-state index in [1.54, 1.807) is 24.3 Å². The van der Waals surface area contributed by atoms with Crippen LogP contribution in [0.5, 0.6) is 0 Å². The van der Waals surface area contributed by atoms with Gasteiger partial charge in [0.25, 0.3) is 11.6 Å². The van der Waals surface area contributed by atoms with Crippen LogP contribution in [0, 0.1) is 21.4 Å². The molecular weight excluding hydrogens is 462 g/mol. The van der Waals surface area contributed by atoms with Gasteiger partial charge in [-0.25, -0.2) is 0 Å². The molecule has 0 spiro atoms. The lowest BCUT2D eigenvalue weighted by Gasteiger charge is -2.04. The molecule has 7 nitrogen and oxygen atoms in total. The summed E-state index contributed by atoms with van der Waals surface area (Å²) in [4.78, 5) is 23.0. The number of halogens is 2. The van der Waals surface area contributed by atoms with E-state index >= 15 is 0 Å². The number of carbonyl (C=O) groups excluding carboxylic acids is 1. The lowest BCUT2D eigenvalue weighted by molar-refractivity contribution is -0.384. The summed E-state index contributed by atoms with van der Waals surface area (Å²) in [6.45, 7) is 0. The van der Waals surface area contributed by atoms with E-state index in [9.17, 15) is 20.2 Å².